The van der Waals surface area contributed by atoms with Gasteiger partial charge >= 0.3 is 0 Å². The Kier molecular flexibility index (Phi) is 5.23. The maximum Gasteiger partial charge on any atom is 0.231 e. The normalized spacial score (nSPS) is 14.8. The molecule has 1 aromatic carbocycles. The van der Waals surface area contributed by atoms with E-state index in [0.29, 0.717) is 5.76 Å². The molecule has 1 aliphatic carbocycles. The molecule has 0 fully saturated rings. The summed E-state index contributed by atoms with van der Waals surface area (Å²) >= 11 is 0. The van der Waals surface area contributed by atoms with Crippen molar-refractivity contribution < 1.29 is 18.7 Å². The van der Waals surface area contributed by atoms with Crippen LogP contribution in [0, 0.1) is 0 Å². The van der Waals surface area contributed by atoms with Gasteiger partial charge in [0.15, 0.2) is 17.3 Å². The predicted molar refractivity (Wildman–Crippen MR) is 96.2 cm³/mol. The summed E-state index contributed by atoms with van der Waals surface area (Å²) < 4.78 is 21.5. The summed E-state index contributed by atoms with van der Waals surface area (Å²) in [5, 5.41) is 3.97. The summed E-state index contributed by atoms with van der Waals surface area (Å²) in [5.74, 6) is 3.02. The Bertz CT molecular complexity index is 830. The molecule has 130 valence electrons. The summed E-state index contributed by atoms with van der Waals surface area (Å²) in [5.41, 5.74) is 2.88. The fourth-order valence-electron chi connectivity index (χ4n) is 2.65. The highest BCUT2D eigenvalue weighted by Crippen LogP contribution is 2.38. The van der Waals surface area contributed by atoms with E-state index >= 15 is 0 Å². The van der Waals surface area contributed by atoms with Gasteiger partial charge in [0, 0.05) is 11.1 Å². The van der Waals surface area contributed by atoms with E-state index in [9.17, 15) is 0 Å². The largest absolute Gasteiger partial charge is 0.497 e. The van der Waals surface area contributed by atoms with Crippen molar-refractivity contribution in [3.05, 3.63) is 60.0 Å². The highest BCUT2D eigenvalue weighted by Gasteiger charge is 2.19. The Balaban J connectivity index is 0.000000880. The lowest BCUT2D eigenvalue weighted by atomic mass is 10.0. The van der Waals surface area contributed by atoms with Gasteiger partial charge in [0.2, 0.25) is 6.79 Å². The number of rotatable bonds is 3. The van der Waals surface area contributed by atoms with Gasteiger partial charge in [-0.3, -0.25) is 0 Å². The topological polar surface area (TPSA) is 53.7 Å². The van der Waals surface area contributed by atoms with E-state index in [-0.39, 0.29) is 6.79 Å². The van der Waals surface area contributed by atoms with Crippen molar-refractivity contribution in [2.24, 2.45) is 0 Å². The summed E-state index contributed by atoms with van der Waals surface area (Å²) in [7, 11) is 1.67. The van der Waals surface area contributed by atoms with Crippen LogP contribution >= 0.6 is 0 Å². The van der Waals surface area contributed by atoms with Crippen LogP contribution in [0.4, 0.5) is 0 Å². The van der Waals surface area contributed by atoms with Crippen molar-refractivity contribution in [2.75, 3.05) is 13.9 Å². The minimum atomic E-state index is 0.251. The van der Waals surface area contributed by atoms with Crippen LogP contribution in [0.15, 0.2) is 59.0 Å². The molecule has 5 nitrogen and oxygen atoms in total. The first-order valence-corrected chi connectivity index (χ1v) is 8.32. The maximum atomic E-state index is 5.49. The number of ether oxygens (including phenoxy) is 3. The SMILES string of the molecule is CC.COC1=CCC=C(c2cnoc2-c2ccc3c(c2)OCO3)C=C1. The fourth-order valence-corrected chi connectivity index (χ4v) is 2.65. The van der Waals surface area contributed by atoms with Gasteiger partial charge in [0.1, 0.15) is 5.76 Å². The Morgan fingerprint density at radius 3 is 2.72 bits per heavy atom. The molecule has 0 N–H and O–H groups in total. The lowest BCUT2D eigenvalue weighted by molar-refractivity contribution is 0.174. The van der Waals surface area contributed by atoms with E-state index in [4.69, 9.17) is 18.7 Å². The molecular weight excluding hydrogens is 318 g/mol. The van der Waals surface area contributed by atoms with Crippen molar-refractivity contribution in [3.63, 3.8) is 0 Å². The highest BCUT2D eigenvalue weighted by atomic mass is 16.7. The van der Waals surface area contributed by atoms with Crippen LogP contribution in [0.5, 0.6) is 11.5 Å². The zero-order valence-corrected chi connectivity index (χ0v) is 14.6. The standard InChI is InChI=1S/C18H15NO4.C2H6/c1-20-14-4-2-3-12(5-7-14)15-10-19-23-18(15)13-6-8-16-17(9-13)22-11-21-16;1-2/h3-10H,2,11H2,1H3;1-2H3. The molecular formula is C20H21NO4. The molecule has 1 aliphatic heterocycles. The molecule has 2 heterocycles. The van der Waals surface area contributed by atoms with Gasteiger partial charge in [-0.05, 0) is 42.3 Å². The average molecular weight is 339 g/mol. The van der Waals surface area contributed by atoms with Crippen LogP contribution in [0.1, 0.15) is 25.8 Å². The number of allylic oxidation sites excluding steroid dienone is 5. The van der Waals surface area contributed by atoms with Crippen molar-refractivity contribution >= 4 is 5.57 Å². The monoisotopic (exact) mass is 339 g/mol. The molecule has 4 rings (SSSR count). The number of hydrogen-bond donors (Lipinski definition) is 0. The van der Waals surface area contributed by atoms with Crippen molar-refractivity contribution in [3.8, 4) is 22.8 Å². The molecule has 2 aromatic rings. The first kappa shape index (κ1) is 16.9. The Morgan fingerprint density at radius 1 is 1.04 bits per heavy atom. The van der Waals surface area contributed by atoms with Gasteiger partial charge in [-0.25, -0.2) is 0 Å². The number of hydrogen-bond acceptors (Lipinski definition) is 5. The molecule has 0 bridgehead atoms. The lowest BCUT2D eigenvalue weighted by Crippen LogP contribution is -1.92. The average Bonchev–Trinajstić information content (AvgIpc) is 3.27. The van der Waals surface area contributed by atoms with E-state index in [1.165, 1.54) is 0 Å². The van der Waals surface area contributed by atoms with Crippen LogP contribution in [0.25, 0.3) is 16.9 Å². The van der Waals surface area contributed by atoms with Gasteiger partial charge in [0.25, 0.3) is 0 Å². The van der Waals surface area contributed by atoms with Crippen LogP contribution in [0.2, 0.25) is 0 Å². The summed E-state index contributed by atoms with van der Waals surface area (Å²) in [4.78, 5) is 0. The zero-order valence-electron chi connectivity index (χ0n) is 14.6. The molecule has 0 saturated carbocycles. The van der Waals surface area contributed by atoms with Gasteiger partial charge in [-0.1, -0.05) is 31.2 Å². The van der Waals surface area contributed by atoms with Crippen molar-refractivity contribution in [2.45, 2.75) is 20.3 Å². The maximum absolute atomic E-state index is 5.49. The molecule has 2 aliphatic rings. The van der Waals surface area contributed by atoms with Crippen LogP contribution in [-0.4, -0.2) is 19.1 Å². The van der Waals surface area contributed by atoms with Gasteiger partial charge < -0.3 is 18.7 Å². The van der Waals surface area contributed by atoms with Crippen LogP contribution in [0.3, 0.4) is 0 Å². The second-order valence-electron chi connectivity index (χ2n) is 5.18. The highest BCUT2D eigenvalue weighted by molar-refractivity contribution is 5.83. The van der Waals surface area contributed by atoms with Gasteiger partial charge in [-0.15, -0.1) is 0 Å². The smallest absolute Gasteiger partial charge is 0.231 e. The fraction of sp³-hybridized carbons (Fsp3) is 0.250. The third-order valence-corrected chi connectivity index (χ3v) is 3.84. The summed E-state index contributed by atoms with van der Waals surface area (Å²) in [6, 6.07) is 5.73. The Morgan fingerprint density at radius 2 is 1.88 bits per heavy atom. The molecule has 0 saturated heterocycles. The van der Waals surface area contributed by atoms with E-state index in [1.54, 1.807) is 13.3 Å². The number of fused-ring (bicyclic) bond motifs is 1. The van der Waals surface area contributed by atoms with Gasteiger partial charge in [-0.2, -0.15) is 0 Å². The summed E-state index contributed by atoms with van der Waals surface area (Å²) in [6.45, 7) is 4.25. The molecule has 0 spiro atoms. The quantitative estimate of drug-likeness (QED) is 0.790. The van der Waals surface area contributed by atoms with Crippen LogP contribution in [-0.2, 0) is 4.74 Å². The zero-order chi connectivity index (χ0) is 17.6. The van der Waals surface area contributed by atoms with E-state index in [0.717, 1.165) is 40.4 Å². The molecule has 5 heteroatoms. The van der Waals surface area contributed by atoms with Gasteiger partial charge in [0.05, 0.1) is 13.3 Å². The molecule has 0 atom stereocenters. The van der Waals surface area contributed by atoms with Crippen LogP contribution < -0.4 is 9.47 Å². The minimum absolute atomic E-state index is 0.251. The molecule has 0 radical (unpaired) electrons. The third kappa shape index (κ3) is 3.45. The number of benzene rings is 1. The molecule has 1 aromatic heterocycles. The van der Waals surface area contributed by atoms with Crippen molar-refractivity contribution in [1.29, 1.82) is 0 Å². The Hall–Kier alpha value is -2.95. The number of methoxy groups -OCH3 is 1. The van der Waals surface area contributed by atoms with E-state index in [1.807, 2.05) is 50.3 Å². The Labute approximate surface area is 147 Å². The van der Waals surface area contributed by atoms with E-state index in [2.05, 4.69) is 11.2 Å². The molecule has 25 heavy (non-hydrogen) atoms. The minimum Gasteiger partial charge on any atom is -0.497 e. The van der Waals surface area contributed by atoms with E-state index < -0.39 is 0 Å². The predicted octanol–water partition coefficient (Wildman–Crippen LogP) is 4.97. The first-order valence-electron chi connectivity index (χ1n) is 8.32. The first-order chi connectivity index (χ1) is 12.3. The third-order valence-electron chi connectivity index (χ3n) is 3.84. The van der Waals surface area contributed by atoms with Crippen molar-refractivity contribution in [1.82, 2.24) is 5.16 Å². The lowest BCUT2D eigenvalue weighted by Gasteiger charge is -2.03. The molecule has 0 amide bonds. The second kappa shape index (κ2) is 7.75. The second-order valence-corrected chi connectivity index (χ2v) is 5.18. The number of nitrogens with zero attached hydrogens (tertiary/aromatic N) is 1. The molecule has 0 unspecified atom stereocenters. The number of aromatic nitrogens is 1. The summed E-state index contributed by atoms with van der Waals surface area (Å²) in [6.07, 6.45) is 10.6.